The number of nitrogens with one attached hydrogen (secondary N) is 1. The molecule has 23 heavy (non-hydrogen) atoms. The molecule has 3 nitrogen and oxygen atoms in total. The first-order valence-electron chi connectivity index (χ1n) is 7.06. The lowest BCUT2D eigenvalue weighted by Crippen LogP contribution is -2.14. The second kappa shape index (κ2) is 7.38. The minimum absolute atomic E-state index is 0.0355. The molecular weight excluding hydrogens is 344 g/mol. The predicted octanol–water partition coefficient (Wildman–Crippen LogP) is 4.92. The van der Waals surface area contributed by atoms with Gasteiger partial charge in [-0.15, -0.1) is 23.5 Å². The van der Waals surface area contributed by atoms with E-state index in [9.17, 15) is 4.79 Å². The van der Waals surface area contributed by atoms with E-state index < -0.39 is 0 Å². The highest BCUT2D eigenvalue weighted by atomic mass is 32.2. The molecule has 118 valence electrons. The molecule has 3 aromatic rings. The average Bonchev–Trinajstić information content (AvgIpc) is 2.97. The number of carbonyl (C=O) groups excluding carboxylic acids is 1. The lowest BCUT2D eigenvalue weighted by Gasteiger charge is -2.03. The van der Waals surface area contributed by atoms with Crippen LogP contribution in [0.5, 0.6) is 0 Å². The Hall–Kier alpha value is -1.50. The molecule has 3 rings (SSSR count). The monoisotopic (exact) mass is 360 g/mol. The zero-order chi connectivity index (χ0) is 16.2. The number of thioether (sulfide) groups is 2. The zero-order valence-corrected chi connectivity index (χ0v) is 15.3. The smallest absolute Gasteiger partial charge is 0.230 e. The molecule has 0 bridgehead atoms. The van der Waals surface area contributed by atoms with Crippen LogP contribution in [-0.4, -0.2) is 23.4 Å². The van der Waals surface area contributed by atoms with Gasteiger partial charge in [0.1, 0.15) is 0 Å². The van der Waals surface area contributed by atoms with Crippen molar-refractivity contribution in [1.29, 1.82) is 0 Å². The zero-order valence-electron chi connectivity index (χ0n) is 12.8. The van der Waals surface area contributed by atoms with Crippen molar-refractivity contribution in [3.63, 3.8) is 0 Å². The van der Waals surface area contributed by atoms with Crippen molar-refractivity contribution < 1.29 is 4.79 Å². The van der Waals surface area contributed by atoms with Gasteiger partial charge in [-0.05, 0) is 42.3 Å². The number of benzene rings is 2. The van der Waals surface area contributed by atoms with Crippen molar-refractivity contribution in [2.75, 3.05) is 17.8 Å². The number of carbonyl (C=O) groups is 1. The molecule has 0 spiro atoms. The van der Waals surface area contributed by atoms with E-state index >= 15 is 0 Å². The SMILES string of the molecule is CSc1ccc(CC(=O)Nc2nc3c(SC)cccc3s2)cc1. The molecule has 1 aromatic heterocycles. The molecule has 2 aromatic carbocycles. The molecule has 1 N–H and O–H groups in total. The maximum atomic E-state index is 12.2. The number of thiazole rings is 1. The maximum absolute atomic E-state index is 12.2. The summed E-state index contributed by atoms with van der Waals surface area (Å²) in [5.41, 5.74) is 1.97. The summed E-state index contributed by atoms with van der Waals surface area (Å²) in [7, 11) is 0. The summed E-state index contributed by atoms with van der Waals surface area (Å²) in [5, 5.41) is 3.57. The Bertz CT molecular complexity index is 827. The molecule has 0 radical (unpaired) electrons. The number of hydrogen-bond acceptors (Lipinski definition) is 5. The number of hydrogen-bond donors (Lipinski definition) is 1. The van der Waals surface area contributed by atoms with Crippen molar-refractivity contribution in [1.82, 2.24) is 4.98 Å². The minimum atomic E-state index is -0.0355. The Kier molecular flexibility index (Phi) is 5.25. The fourth-order valence-electron chi connectivity index (χ4n) is 2.23. The number of anilines is 1. The van der Waals surface area contributed by atoms with Gasteiger partial charge < -0.3 is 5.32 Å². The van der Waals surface area contributed by atoms with E-state index in [4.69, 9.17) is 0 Å². The first-order valence-corrected chi connectivity index (χ1v) is 10.3. The third-order valence-electron chi connectivity index (χ3n) is 3.37. The van der Waals surface area contributed by atoms with Crippen LogP contribution in [0.3, 0.4) is 0 Å². The van der Waals surface area contributed by atoms with E-state index in [1.54, 1.807) is 23.5 Å². The molecule has 0 aliphatic rings. The molecule has 1 amide bonds. The van der Waals surface area contributed by atoms with Gasteiger partial charge in [0.05, 0.1) is 16.6 Å². The number of nitrogens with zero attached hydrogens (tertiary/aromatic N) is 1. The maximum Gasteiger partial charge on any atom is 0.230 e. The quantitative estimate of drug-likeness (QED) is 0.656. The van der Waals surface area contributed by atoms with Crippen LogP contribution >= 0.6 is 34.9 Å². The Morgan fingerprint density at radius 2 is 1.91 bits per heavy atom. The van der Waals surface area contributed by atoms with Crippen molar-refractivity contribution >= 4 is 56.1 Å². The number of para-hydroxylation sites is 1. The molecule has 0 atom stereocenters. The first kappa shape index (κ1) is 16.4. The van der Waals surface area contributed by atoms with Crippen LogP contribution < -0.4 is 5.32 Å². The van der Waals surface area contributed by atoms with Gasteiger partial charge in [-0.1, -0.05) is 29.5 Å². The summed E-state index contributed by atoms with van der Waals surface area (Å²) in [6.07, 6.45) is 4.43. The van der Waals surface area contributed by atoms with Gasteiger partial charge in [0.2, 0.25) is 5.91 Å². The fraction of sp³-hybridized carbons (Fsp3) is 0.176. The second-order valence-electron chi connectivity index (χ2n) is 4.90. The summed E-state index contributed by atoms with van der Waals surface area (Å²) in [5.74, 6) is -0.0355. The van der Waals surface area contributed by atoms with Crippen molar-refractivity contribution in [3.8, 4) is 0 Å². The lowest BCUT2D eigenvalue weighted by molar-refractivity contribution is -0.115. The number of amides is 1. The molecule has 0 saturated heterocycles. The van der Waals surface area contributed by atoms with Crippen LogP contribution in [0.4, 0.5) is 5.13 Å². The van der Waals surface area contributed by atoms with Gasteiger partial charge in [0.25, 0.3) is 0 Å². The first-order chi connectivity index (χ1) is 11.2. The summed E-state index contributed by atoms with van der Waals surface area (Å²) >= 11 is 4.87. The summed E-state index contributed by atoms with van der Waals surface area (Å²) in [4.78, 5) is 19.1. The lowest BCUT2D eigenvalue weighted by atomic mass is 10.1. The predicted molar refractivity (Wildman–Crippen MR) is 102 cm³/mol. The van der Waals surface area contributed by atoms with Gasteiger partial charge in [-0.2, -0.15) is 0 Å². The van der Waals surface area contributed by atoms with Gasteiger partial charge in [0.15, 0.2) is 5.13 Å². The average molecular weight is 361 g/mol. The van der Waals surface area contributed by atoms with Crippen molar-refractivity contribution in [3.05, 3.63) is 48.0 Å². The third kappa shape index (κ3) is 3.88. The van der Waals surface area contributed by atoms with Crippen molar-refractivity contribution in [2.24, 2.45) is 0 Å². The number of aromatic nitrogens is 1. The van der Waals surface area contributed by atoms with E-state index in [1.165, 1.54) is 16.2 Å². The van der Waals surface area contributed by atoms with E-state index in [0.29, 0.717) is 11.6 Å². The van der Waals surface area contributed by atoms with Crippen LogP contribution in [0.1, 0.15) is 5.56 Å². The topological polar surface area (TPSA) is 42.0 Å². The highest BCUT2D eigenvalue weighted by Gasteiger charge is 2.10. The second-order valence-corrected chi connectivity index (χ2v) is 7.66. The van der Waals surface area contributed by atoms with Gasteiger partial charge in [-0.3, -0.25) is 4.79 Å². The van der Waals surface area contributed by atoms with Gasteiger partial charge in [-0.25, -0.2) is 4.98 Å². The molecule has 6 heteroatoms. The molecule has 0 fully saturated rings. The molecule has 0 aliphatic heterocycles. The largest absolute Gasteiger partial charge is 0.302 e. The van der Waals surface area contributed by atoms with E-state index in [0.717, 1.165) is 20.7 Å². The minimum Gasteiger partial charge on any atom is -0.302 e. The number of rotatable bonds is 5. The molecule has 0 aliphatic carbocycles. The van der Waals surface area contributed by atoms with Crippen LogP contribution in [0.2, 0.25) is 0 Å². The normalized spacial score (nSPS) is 10.9. The fourth-order valence-corrected chi connectivity index (χ4v) is 4.18. The van der Waals surface area contributed by atoms with Crippen molar-refractivity contribution in [2.45, 2.75) is 16.2 Å². The highest BCUT2D eigenvalue weighted by molar-refractivity contribution is 7.99. The van der Waals surface area contributed by atoms with E-state index in [1.807, 2.05) is 55.0 Å². The van der Waals surface area contributed by atoms with Crippen LogP contribution in [0.15, 0.2) is 52.3 Å². The summed E-state index contributed by atoms with van der Waals surface area (Å²) in [6.45, 7) is 0. The Labute approximate surface area is 147 Å². The molecule has 0 unspecified atom stereocenters. The Balaban J connectivity index is 1.72. The van der Waals surface area contributed by atoms with Crippen LogP contribution in [0.25, 0.3) is 10.2 Å². The number of fused-ring (bicyclic) bond motifs is 1. The summed E-state index contributed by atoms with van der Waals surface area (Å²) < 4.78 is 1.09. The standard InChI is InChI=1S/C17H16N2OS3/c1-21-12-8-6-11(7-9-12)10-15(20)18-17-19-16-13(22-2)4-3-5-14(16)23-17/h3-9H,10H2,1-2H3,(H,18,19,20). The molecule has 0 saturated carbocycles. The highest BCUT2D eigenvalue weighted by Crippen LogP contribution is 2.32. The Morgan fingerprint density at radius 1 is 1.13 bits per heavy atom. The van der Waals surface area contributed by atoms with E-state index in [2.05, 4.69) is 10.3 Å². The Morgan fingerprint density at radius 3 is 2.61 bits per heavy atom. The summed E-state index contributed by atoms with van der Waals surface area (Å²) in [6, 6.07) is 14.2. The molecular formula is C17H16N2OS3. The van der Waals surface area contributed by atoms with E-state index in [-0.39, 0.29) is 5.91 Å². The van der Waals surface area contributed by atoms with Crippen LogP contribution in [0, 0.1) is 0 Å². The van der Waals surface area contributed by atoms with Crippen LogP contribution in [-0.2, 0) is 11.2 Å². The molecule has 1 heterocycles. The third-order valence-corrected chi connectivity index (χ3v) is 5.82. The van der Waals surface area contributed by atoms with Gasteiger partial charge >= 0.3 is 0 Å². The van der Waals surface area contributed by atoms with Gasteiger partial charge in [0, 0.05) is 9.79 Å².